The summed E-state index contributed by atoms with van der Waals surface area (Å²) in [5.41, 5.74) is 6.91. The normalized spacial score (nSPS) is 19.5. The maximum absolute atomic E-state index is 11.9. The minimum Gasteiger partial charge on any atom is -0.507 e. The highest BCUT2D eigenvalue weighted by Gasteiger charge is 2.47. The SMILES string of the molecule is CC1(C)C(=CC2=C(O)C(=CC3=[N+](CCC[N+](C)(C)C)c4ccc(Cl)cc4C3(C)C)C2=C(C#N)C#N)N(CCC[N+](C)(C)C)c2ccc(Cl)cc21. The number of rotatable bonds is 10. The molecule has 1 N–H and O–H groups in total. The van der Waals surface area contributed by atoms with Crippen LogP contribution >= 0.6 is 23.2 Å². The van der Waals surface area contributed by atoms with Crippen molar-refractivity contribution in [1.82, 2.24) is 0 Å². The Hall–Kier alpha value is -3.85. The molecular weight excluding hydrogens is 663 g/mol. The largest absolute Gasteiger partial charge is 0.507 e. The zero-order valence-corrected chi connectivity index (χ0v) is 32.8. The fourth-order valence-electron chi connectivity index (χ4n) is 7.53. The van der Waals surface area contributed by atoms with E-state index in [0.29, 0.717) is 26.8 Å². The van der Waals surface area contributed by atoms with Crippen molar-refractivity contribution in [3.63, 3.8) is 0 Å². The van der Waals surface area contributed by atoms with Crippen molar-refractivity contribution < 1.29 is 18.6 Å². The molecule has 0 atom stereocenters. The first-order valence-electron chi connectivity index (χ1n) is 17.3. The minimum atomic E-state index is -0.445. The molecule has 0 radical (unpaired) electrons. The molecule has 2 aromatic rings. The van der Waals surface area contributed by atoms with Crippen molar-refractivity contribution in [2.45, 2.75) is 51.4 Å². The van der Waals surface area contributed by atoms with E-state index in [2.05, 4.69) is 104 Å². The van der Waals surface area contributed by atoms with E-state index >= 15 is 0 Å². The van der Waals surface area contributed by atoms with E-state index in [1.807, 2.05) is 36.4 Å². The summed E-state index contributed by atoms with van der Waals surface area (Å²) in [5, 5.41) is 33.7. The van der Waals surface area contributed by atoms with Gasteiger partial charge in [0.2, 0.25) is 5.69 Å². The maximum atomic E-state index is 11.9. The van der Waals surface area contributed by atoms with Crippen LogP contribution in [0.4, 0.5) is 11.4 Å². The number of anilines is 1. The van der Waals surface area contributed by atoms with E-state index in [1.165, 1.54) is 0 Å². The summed E-state index contributed by atoms with van der Waals surface area (Å²) in [4.78, 5) is 2.31. The molecule has 2 heterocycles. The molecule has 2 aromatic carbocycles. The van der Waals surface area contributed by atoms with Crippen molar-refractivity contribution in [3.05, 3.63) is 103 Å². The van der Waals surface area contributed by atoms with Gasteiger partial charge in [-0.1, -0.05) is 37.0 Å². The van der Waals surface area contributed by atoms with Crippen LogP contribution in [0.3, 0.4) is 0 Å². The molecular formula is C41H51Cl2N6O+3. The van der Waals surface area contributed by atoms with E-state index in [-0.39, 0.29) is 11.3 Å². The minimum absolute atomic E-state index is 0.0256. The number of benzene rings is 2. The van der Waals surface area contributed by atoms with Crippen LogP contribution in [0.25, 0.3) is 0 Å². The Morgan fingerprint density at radius 1 is 0.840 bits per heavy atom. The molecule has 0 fully saturated rings. The molecule has 2 aliphatic heterocycles. The molecule has 5 rings (SSSR count). The Kier molecular flexibility index (Phi) is 10.00. The number of nitrogens with zero attached hydrogens (tertiary/aromatic N) is 6. The number of halogens is 2. The lowest BCUT2D eigenvalue weighted by Crippen LogP contribution is -2.37. The topological polar surface area (TPSA) is 74.1 Å². The first-order chi connectivity index (χ1) is 23.2. The molecule has 1 aliphatic carbocycles. The van der Waals surface area contributed by atoms with Crippen molar-refractivity contribution in [2.24, 2.45) is 0 Å². The average molecular weight is 715 g/mol. The van der Waals surface area contributed by atoms with Gasteiger partial charge in [-0.3, -0.25) is 0 Å². The van der Waals surface area contributed by atoms with E-state index in [4.69, 9.17) is 23.2 Å². The van der Waals surface area contributed by atoms with Crippen LogP contribution in [-0.4, -0.2) is 92.8 Å². The number of allylic oxidation sites excluding steroid dienone is 6. The zero-order valence-electron chi connectivity index (χ0n) is 31.2. The number of aliphatic hydroxyl groups is 1. The highest BCUT2D eigenvalue weighted by molar-refractivity contribution is 6.31. The molecule has 0 bridgehead atoms. The van der Waals surface area contributed by atoms with Crippen molar-refractivity contribution in [1.29, 1.82) is 10.5 Å². The fraction of sp³-hybridized carbons (Fsp3) is 0.439. The van der Waals surface area contributed by atoms with Gasteiger partial charge < -0.3 is 19.0 Å². The van der Waals surface area contributed by atoms with Gasteiger partial charge in [0.05, 0.1) is 67.2 Å². The van der Waals surface area contributed by atoms with Crippen LogP contribution in [0.2, 0.25) is 10.0 Å². The van der Waals surface area contributed by atoms with Gasteiger partial charge in [0.1, 0.15) is 23.5 Å². The first-order valence-corrected chi connectivity index (χ1v) is 18.0. The molecule has 50 heavy (non-hydrogen) atoms. The number of quaternary nitrogens is 2. The predicted octanol–water partition coefficient (Wildman–Crippen LogP) is 8.34. The van der Waals surface area contributed by atoms with Gasteiger partial charge in [0, 0.05) is 74.2 Å². The number of hydrogen-bond acceptors (Lipinski definition) is 4. The van der Waals surface area contributed by atoms with Crippen molar-refractivity contribution >= 4 is 40.3 Å². The van der Waals surface area contributed by atoms with Crippen LogP contribution in [-0.2, 0) is 10.8 Å². The first kappa shape index (κ1) is 37.4. The molecule has 0 amide bonds. The summed E-state index contributed by atoms with van der Waals surface area (Å²) >= 11 is 13.0. The van der Waals surface area contributed by atoms with Crippen LogP contribution in [0.1, 0.15) is 51.7 Å². The second-order valence-corrected chi connectivity index (χ2v) is 17.7. The van der Waals surface area contributed by atoms with E-state index in [9.17, 15) is 15.6 Å². The molecule has 0 aromatic heterocycles. The second-order valence-electron chi connectivity index (χ2n) is 16.8. The number of hydrogen-bond donors (Lipinski definition) is 1. The Labute approximate surface area is 308 Å². The Morgan fingerprint density at radius 2 is 1.42 bits per heavy atom. The lowest BCUT2D eigenvalue weighted by Gasteiger charge is -2.32. The Balaban J connectivity index is 1.68. The third-order valence-corrected chi connectivity index (χ3v) is 10.7. The molecule has 262 valence electrons. The van der Waals surface area contributed by atoms with Gasteiger partial charge in [0.25, 0.3) is 0 Å². The van der Waals surface area contributed by atoms with E-state index in [1.54, 1.807) is 0 Å². The standard InChI is InChI=1S/C41H50Cl2N6O/c1-40(2)32-21-28(42)13-15-34(32)46(17-11-19-48(5,6)7)36(40)23-30-38(27(25-44)26-45)31(39(30)50)24-37-41(3,4)33-22-29(43)14-16-35(33)47(37)18-12-20-49(8,9)10/h13-16,21-24H,11-12,17-20H2,1-10H3/q+2/p+1. The zero-order chi connectivity index (χ0) is 37.0. The van der Waals surface area contributed by atoms with Gasteiger partial charge in [-0.15, -0.1) is 0 Å². The highest BCUT2D eigenvalue weighted by Crippen LogP contribution is 2.52. The lowest BCUT2D eigenvalue weighted by molar-refractivity contribution is -0.871. The van der Waals surface area contributed by atoms with Crippen LogP contribution < -0.4 is 4.90 Å². The number of aliphatic hydroxyl groups excluding tert-OH is 1. The molecule has 9 heteroatoms. The average Bonchev–Trinajstić information content (AvgIpc) is 3.34. The third-order valence-electron chi connectivity index (χ3n) is 10.2. The molecule has 0 spiro atoms. The Bertz CT molecular complexity index is 1970. The smallest absolute Gasteiger partial charge is 0.209 e. The maximum Gasteiger partial charge on any atom is 0.209 e. The van der Waals surface area contributed by atoms with Gasteiger partial charge in [0.15, 0.2) is 12.3 Å². The van der Waals surface area contributed by atoms with Crippen LogP contribution in [0.5, 0.6) is 0 Å². The van der Waals surface area contributed by atoms with Gasteiger partial charge >= 0.3 is 0 Å². The van der Waals surface area contributed by atoms with Gasteiger partial charge in [-0.05, 0) is 55.8 Å². The number of fused-ring (bicyclic) bond motifs is 2. The van der Waals surface area contributed by atoms with Gasteiger partial charge in [-0.25, -0.2) is 0 Å². The monoisotopic (exact) mass is 713 g/mol. The summed E-state index contributed by atoms with van der Waals surface area (Å²) in [7, 11) is 13.1. The van der Waals surface area contributed by atoms with Crippen molar-refractivity contribution in [2.75, 3.05) is 73.4 Å². The third kappa shape index (κ3) is 7.03. The fourth-order valence-corrected chi connectivity index (χ4v) is 7.87. The molecule has 7 nitrogen and oxygen atoms in total. The van der Waals surface area contributed by atoms with E-state index in [0.717, 1.165) is 81.9 Å². The Morgan fingerprint density at radius 3 is 2.02 bits per heavy atom. The summed E-state index contributed by atoms with van der Waals surface area (Å²) in [6.07, 6.45) is 5.85. The summed E-state index contributed by atoms with van der Waals surface area (Å²) in [5.74, 6) is 0.0789. The molecule has 0 unspecified atom stereocenters. The van der Waals surface area contributed by atoms with Crippen LogP contribution in [0, 0.1) is 22.7 Å². The number of nitriles is 2. The predicted molar refractivity (Wildman–Crippen MR) is 205 cm³/mol. The summed E-state index contributed by atoms with van der Waals surface area (Å²) < 4.78 is 4.01. The van der Waals surface area contributed by atoms with Crippen LogP contribution in [0.15, 0.2) is 82.3 Å². The summed E-state index contributed by atoms with van der Waals surface area (Å²) in [6.45, 7) is 12.2. The lowest BCUT2D eigenvalue weighted by atomic mass is 9.74. The van der Waals surface area contributed by atoms with Gasteiger partial charge in [-0.2, -0.15) is 15.1 Å². The molecule has 0 saturated carbocycles. The molecule has 3 aliphatic rings. The summed E-state index contributed by atoms with van der Waals surface area (Å²) in [6, 6.07) is 16.3. The van der Waals surface area contributed by atoms with E-state index < -0.39 is 10.8 Å². The molecule has 0 saturated heterocycles. The van der Waals surface area contributed by atoms with Crippen molar-refractivity contribution in [3.8, 4) is 12.1 Å². The second kappa shape index (κ2) is 13.4. The highest BCUT2D eigenvalue weighted by atomic mass is 35.5. The quantitative estimate of drug-likeness (QED) is 0.153.